The Morgan fingerprint density at radius 2 is 2.22 bits per heavy atom. The molecule has 4 N–H and O–H groups in total. The summed E-state index contributed by atoms with van der Waals surface area (Å²) in [5.74, 6) is 0.437. The Morgan fingerprint density at radius 1 is 1.33 bits per heavy atom. The van der Waals surface area contributed by atoms with E-state index in [0.717, 1.165) is 37.8 Å². The maximum absolute atomic E-state index is 13.3. The summed E-state index contributed by atoms with van der Waals surface area (Å²) < 4.78 is 18.9. The zero-order valence-corrected chi connectivity index (χ0v) is 16.4. The molecule has 148 valence electrons. The van der Waals surface area contributed by atoms with Crippen molar-refractivity contribution in [1.29, 1.82) is 0 Å². The zero-order chi connectivity index (χ0) is 18.8. The minimum Gasteiger partial charge on any atom is -0.340 e. The topological polar surface area (TPSA) is 68.4 Å². The highest BCUT2D eigenvalue weighted by atomic mass is 32.2. The standard InChI is InChI=1S/C19H28FN5OS/c1-25-16-9-14(11-22-18(16)24-27-25)19(26)23-17-6-5-13(10-21-17)7-12-3-2-4-15(20)8-12/h2-4,8,13-14,16-18,21-22,24H,5-7,9-11H2,1H3,(H,23,26). The Balaban J connectivity index is 1.22. The minimum atomic E-state index is -0.175. The van der Waals surface area contributed by atoms with Crippen LogP contribution >= 0.6 is 12.1 Å². The molecular weight excluding hydrogens is 365 g/mol. The Hall–Kier alpha value is -1.19. The lowest BCUT2D eigenvalue weighted by molar-refractivity contribution is -0.127. The number of nitrogens with one attached hydrogen (secondary N) is 4. The van der Waals surface area contributed by atoms with Gasteiger partial charge < -0.3 is 5.32 Å². The predicted molar refractivity (Wildman–Crippen MR) is 105 cm³/mol. The monoisotopic (exact) mass is 393 g/mol. The number of amides is 1. The summed E-state index contributed by atoms with van der Waals surface area (Å²) in [6.07, 6.45) is 3.99. The quantitative estimate of drug-likeness (QED) is 0.577. The van der Waals surface area contributed by atoms with Crippen molar-refractivity contribution < 1.29 is 9.18 Å². The first-order valence-electron chi connectivity index (χ1n) is 9.75. The molecule has 4 rings (SSSR count). The highest BCUT2D eigenvalue weighted by Crippen LogP contribution is 2.28. The third kappa shape index (κ3) is 4.63. The van der Waals surface area contributed by atoms with E-state index in [2.05, 4.69) is 32.0 Å². The Bertz CT molecular complexity index is 669. The third-order valence-corrected chi connectivity index (χ3v) is 6.82. The fourth-order valence-corrected chi connectivity index (χ4v) is 5.17. The lowest BCUT2D eigenvalue weighted by atomic mass is 9.90. The molecule has 1 aromatic rings. The Labute approximate surface area is 164 Å². The maximum atomic E-state index is 13.3. The van der Waals surface area contributed by atoms with Crippen LogP contribution in [0.25, 0.3) is 0 Å². The smallest absolute Gasteiger partial charge is 0.225 e. The van der Waals surface area contributed by atoms with Crippen LogP contribution in [0.5, 0.6) is 0 Å². The molecule has 0 aromatic heterocycles. The number of carbonyl (C=O) groups excluding carboxylic acids is 1. The van der Waals surface area contributed by atoms with Crippen LogP contribution in [0.3, 0.4) is 0 Å². The molecule has 6 nitrogen and oxygen atoms in total. The molecule has 3 fully saturated rings. The van der Waals surface area contributed by atoms with E-state index in [9.17, 15) is 9.18 Å². The number of halogens is 1. The van der Waals surface area contributed by atoms with Crippen molar-refractivity contribution in [1.82, 2.24) is 25.0 Å². The molecule has 0 radical (unpaired) electrons. The molecule has 0 aliphatic carbocycles. The van der Waals surface area contributed by atoms with Gasteiger partial charge in [-0.15, -0.1) is 0 Å². The van der Waals surface area contributed by atoms with Gasteiger partial charge in [-0.1, -0.05) is 12.1 Å². The number of rotatable bonds is 4. The summed E-state index contributed by atoms with van der Waals surface area (Å²) in [5, 5.41) is 10.1. The second-order valence-corrected chi connectivity index (χ2v) is 8.88. The summed E-state index contributed by atoms with van der Waals surface area (Å²) in [4.78, 5) is 12.7. The van der Waals surface area contributed by atoms with Crippen molar-refractivity contribution in [2.24, 2.45) is 11.8 Å². The van der Waals surface area contributed by atoms with Crippen molar-refractivity contribution in [2.45, 2.75) is 44.1 Å². The highest BCUT2D eigenvalue weighted by Gasteiger charge is 2.40. The molecule has 5 atom stereocenters. The second-order valence-electron chi connectivity index (χ2n) is 7.89. The molecule has 27 heavy (non-hydrogen) atoms. The molecule has 0 bridgehead atoms. The second kappa shape index (κ2) is 8.45. The van der Waals surface area contributed by atoms with Crippen molar-refractivity contribution in [3.8, 4) is 0 Å². The number of hydrogen-bond acceptors (Lipinski definition) is 6. The van der Waals surface area contributed by atoms with Crippen LogP contribution < -0.4 is 20.7 Å². The summed E-state index contributed by atoms with van der Waals surface area (Å²) in [6, 6.07) is 7.18. The van der Waals surface area contributed by atoms with Gasteiger partial charge in [0.05, 0.1) is 24.3 Å². The van der Waals surface area contributed by atoms with E-state index in [1.165, 1.54) is 6.07 Å². The summed E-state index contributed by atoms with van der Waals surface area (Å²) in [7, 11) is 2.06. The Morgan fingerprint density at radius 3 is 3.00 bits per heavy atom. The van der Waals surface area contributed by atoms with E-state index in [0.29, 0.717) is 18.5 Å². The Kier molecular flexibility index (Phi) is 5.99. The molecule has 3 saturated heterocycles. The molecule has 5 unspecified atom stereocenters. The fourth-order valence-electron chi connectivity index (χ4n) is 4.30. The van der Waals surface area contributed by atoms with Gasteiger partial charge in [-0.05, 0) is 56.3 Å². The van der Waals surface area contributed by atoms with Crippen molar-refractivity contribution in [3.63, 3.8) is 0 Å². The van der Waals surface area contributed by atoms with E-state index in [-0.39, 0.29) is 30.0 Å². The van der Waals surface area contributed by atoms with E-state index < -0.39 is 0 Å². The van der Waals surface area contributed by atoms with Crippen LogP contribution in [0.2, 0.25) is 0 Å². The SMILES string of the molecule is CN1SNC2NCC(C(=O)NC3CCC(Cc4cccc(F)c4)CN3)CC21. The molecular formula is C19H28FN5OS. The van der Waals surface area contributed by atoms with Gasteiger partial charge in [0.1, 0.15) is 5.82 Å². The minimum absolute atomic E-state index is 0.000942. The number of carbonyl (C=O) groups is 1. The van der Waals surface area contributed by atoms with Gasteiger partial charge in [0.2, 0.25) is 5.91 Å². The summed E-state index contributed by atoms with van der Waals surface area (Å²) in [6.45, 7) is 1.56. The molecule has 0 saturated carbocycles. The first-order valence-corrected chi connectivity index (χ1v) is 10.5. The number of likely N-dealkylation sites (N-methyl/N-ethyl adjacent to an activating group) is 1. The summed E-state index contributed by atoms with van der Waals surface area (Å²) >= 11 is 1.61. The van der Waals surface area contributed by atoms with Gasteiger partial charge in [0, 0.05) is 25.2 Å². The van der Waals surface area contributed by atoms with Crippen molar-refractivity contribution in [3.05, 3.63) is 35.6 Å². The molecule has 3 aliphatic rings. The molecule has 1 aromatic carbocycles. The van der Waals surface area contributed by atoms with E-state index in [1.54, 1.807) is 24.3 Å². The lowest BCUT2D eigenvalue weighted by Gasteiger charge is -2.35. The maximum Gasteiger partial charge on any atom is 0.225 e. The van der Waals surface area contributed by atoms with E-state index in [1.807, 2.05) is 6.07 Å². The molecule has 1 amide bonds. The first-order chi connectivity index (χ1) is 13.1. The predicted octanol–water partition coefficient (Wildman–Crippen LogP) is 1.21. The first kappa shape index (κ1) is 19.1. The largest absolute Gasteiger partial charge is 0.340 e. The normalized spacial score (nSPS) is 34.2. The van der Waals surface area contributed by atoms with Gasteiger partial charge in [0.15, 0.2) is 0 Å². The van der Waals surface area contributed by atoms with Gasteiger partial charge in [0.25, 0.3) is 0 Å². The number of hydrogen-bond donors (Lipinski definition) is 4. The van der Waals surface area contributed by atoms with Crippen LogP contribution in [0.1, 0.15) is 24.8 Å². The highest BCUT2D eigenvalue weighted by molar-refractivity contribution is 7.95. The van der Waals surface area contributed by atoms with Crippen molar-refractivity contribution >= 4 is 18.0 Å². The lowest BCUT2D eigenvalue weighted by Crippen LogP contribution is -2.58. The zero-order valence-electron chi connectivity index (χ0n) is 15.6. The van der Waals surface area contributed by atoms with Gasteiger partial charge in [-0.2, -0.15) is 0 Å². The van der Waals surface area contributed by atoms with Crippen LogP contribution in [0.4, 0.5) is 4.39 Å². The molecule has 8 heteroatoms. The average Bonchev–Trinajstić information content (AvgIpc) is 3.04. The van der Waals surface area contributed by atoms with Crippen LogP contribution in [0, 0.1) is 17.7 Å². The molecule has 3 aliphatic heterocycles. The van der Waals surface area contributed by atoms with Crippen LogP contribution in [-0.4, -0.2) is 48.7 Å². The van der Waals surface area contributed by atoms with E-state index in [4.69, 9.17) is 0 Å². The average molecular weight is 394 g/mol. The van der Waals surface area contributed by atoms with Gasteiger partial charge in [-0.25, -0.2) is 13.4 Å². The van der Waals surface area contributed by atoms with Gasteiger partial charge in [-0.3, -0.25) is 15.4 Å². The van der Waals surface area contributed by atoms with Crippen LogP contribution in [-0.2, 0) is 11.2 Å². The number of piperidine rings is 2. The number of benzene rings is 1. The van der Waals surface area contributed by atoms with Gasteiger partial charge >= 0.3 is 0 Å². The molecule has 0 spiro atoms. The number of nitrogens with zero attached hydrogens (tertiary/aromatic N) is 1. The van der Waals surface area contributed by atoms with Crippen molar-refractivity contribution in [2.75, 3.05) is 20.1 Å². The fraction of sp³-hybridized carbons (Fsp3) is 0.632. The molecule has 3 heterocycles. The number of fused-ring (bicyclic) bond motifs is 1. The van der Waals surface area contributed by atoms with E-state index >= 15 is 0 Å². The summed E-state index contributed by atoms with van der Waals surface area (Å²) in [5.41, 5.74) is 1.04. The van der Waals surface area contributed by atoms with Crippen LogP contribution in [0.15, 0.2) is 24.3 Å². The third-order valence-electron chi connectivity index (χ3n) is 5.90.